The van der Waals surface area contributed by atoms with E-state index in [0.29, 0.717) is 35.0 Å². The van der Waals surface area contributed by atoms with Crippen molar-refractivity contribution in [3.8, 4) is 0 Å². The first-order valence-electron chi connectivity index (χ1n) is 7.54. The molecule has 2 aromatic carbocycles. The lowest BCUT2D eigenvalue weighted by Crippen LogP contribution is -2.29. The van der Waals surface area contributed by atoms with Gasteiger partial charge in [0.25, 0.3) is 0 Å². The van der Waals surface area contributed by atoms with Crippen molar-refractivity contribution in [2.45, 2.75) is 36.0 Å². The highest BCUT2D eigenvalue weighted by atomic mass is 79.9. The van der Waals surface area contributed by atoms with Crippen LogP contribution in [0.3, 0.4) is 0 Å². The van der Waals surface area contributed by atoms with Crippen molar-refractivity contribution in [3.63, 3.8) is 0 Å². The Hall–Kier alpha value is -1.08. The molecule has 0 spiro atoms. The lowest BCUT2D eigenvalue weighted by Gasteiger charge is -2.27. The first kappa shape index (κ1) is 17.7. The zero-order chi connectivity index (χ0) is 17.5. The molecule has 0 saturated heterocycles. The molecule has 2 aromatic rings. The van der Waals surface area contributed by atoms with Crippen LogP contribution in [0, 0.1) is 0 Å². The fourth-order valence-electron chi connectivity index (χ4n) is 3.27. The van der Waals surface area contributed by atoms with E-state index >= 15 is 0 Å². The molecule has 0 radical (unpaired) electrons. The van der Waals surface area contributed by atoms with Gasteiger partial charge in [0, 0.05) is 10.0 Å². The summed E-state index contributed by atoms with van der Waals surface area (Å²) in [5.41, 5.74) is 9.08. The van der Waals surface area contributed by atoms with Crippen LogP contribution in [0.2, 0.25) is 5.02 Å². The van der Waals surface area contributed by atoms with Crippen molar-refractivity contribution in [1.29, 1.82) is 0 Å². The summed E-state index contributed by atoms with van der Waals surface area (Å²) in [6, 6.07) is 8.39. The van der Waals surface area contributed by atoms with Gasteiger partial charge in [-0.2, -0.15) is 0 Å². The molecule has 0 amide bonds. The molecule has 4 nitrogen and oxygen atoms in total. The molecule has 0 aliphatic heterocycles. The number of halogens is 2. The Balaban J connectivity index is 2.02. The molecule has 1 atom stereocenters. The fraction of sp³-hybridized carbons (Fsp3) is 0.294. The summed E-state index contributed by atoms with van der Waals surface area (Å²) < 4.78 is 26.6. The molecule has 0 aromatic heterocycles. The van der Waals surface area contributed by atoms with E-state index in [4.69, 9.17) is 17.3 Å². The Morgan fingerprint density at radius 3 is 2.71 bits per heavy atom. The van der Waals surface area contributed by atoms with E-state index in [-0.39, 0.29) is 16.5 Å². The zero-order valence-electron chi connectivity index (χ0n) is 12.8. The van der Waals surface area contributed by atoms with E-state index in [9.17, 15) is 13.5 Å². The van der Waals surface area contributed by atoms with Crippen LogP contribution in [0.4, 0.5) is 5.69 Å². The van der Waals surface area contributed by atoms with Gasteiger partial charge in [0.2, 0.25) is 0 Å². The molecule has 128 valence electrons. The summed E-state index contributed by atoms with van der Waals surface area (Å²) >= 11 is 9.47. The van der Waals surface area contributed by atoms with E-state index in [1.165, 1.54) is 0 Å². The van der Waals surface area contributed by atoms with Crippen molar-refractivity contribution in [2.75, 3.05) is 5.73 Å². The highest BCUT2D eigenvalue weighted by Gasteiger charge is 2.33. The van der Waals surface area contributed by atoms with Gasteiger partial charge in [0.1, 0.15) is 0 Å². The molecule has 0 saturated carbocycles. The number of nitrogen functional groups attached to an aromatic ring is 1. The Morgan fingerprint density at radius 2 is 2.04 bits per heavy atom. The van der Waals surface area contributed by atoms with Gasteiger partial charge in [-0.3, -0.25) is 0 Å². The third-order valence-corrected chi connectivity index (χ3v) is 7.89. The second-order valence-corrected chi connectivity index (χ2v) is 9.34. The first-order valence-corrected chi connectivity index (χ1v) is 10.3. The van der Waals surface area contributed by atoms with Crippen molar-refractivity contribution in [1.82, 2.24) is 0 Å². The van der Waals surface area contributed by atoms with Crippen molar-refractivity contribution >= 4 is 43.1 Å². The third kappa shape index (κ3) is 2.96. The maximum absolute atomic E-state index is 13.0. The van der Waals surface area contributed by atoms with Gasteiger partial charge in [-0.25, -0.2) is 8.42 Å². The Labute approximate surface area is 154 Å². The molecule has 3 rings (SSSR count). The van der Waals surface area contributed by atoms with Gasteiger partial charge in [-0.05, 0) is 64.5 Å². The van der Waals surface area contributed by atoms with Crippen LogP contribution in [-0.2, 0) is 29.3 Å². The average Bonchev–Trinajstić information content (AvgIpc) is 2.56. The van der Waals surface area contributed by atoms with E-state index in [0.717, 1.165) is 11.1 Å². The molecule has 7 heteroatoms. The maximum atomic E-state index is 13.0. The minimum atomic E-state index is -3.52. The predicted octanol–water partition coefficient (Wildman–Crippen LogP) is 3.51. The quantitative estimate of drug-likeness (QED) is 0.730. The molecule has 0 bridgehead atoms. The first-order chi connectivity index (χ1) is 11.4. The number of nitrogens with two attached hydrogens (primary N) is 1. The van der Waals surface area contributed by atoms with Crippen LogP contribution in [0.25, 0.3) is 0 Å². The maximum Gasteiger partial charge on any atom is 0.183 e. The normalized spacial score (nSPS) is 17.5. The monoisotopic (exact) mass is 429 g/mol. The number of fused-ring (bicyclic) bond motifs is 1. The highest BCUT2D eigenvalue weighted by Crippen LogP contribution is 2.37. The van der Waals surface area contributed by atoms with E-state index in [2.05, 4.69) is 15.9 Å². The summed E-state index contributed by atoms with van der Waals surface area (Å²) in [6.45, 7) is -0.157. The van der Waals surface area contributed by atoms with E-state index < -0.39 is 15.1 Å². The lowest BCUT2D eigenvalue weighted by atomic mass is 9.87. The number of sulfone groups is 1. The van der Waals surface area contributed by atoms with Crippen LogP contribution in [0.5, 0.6) is 0 Å². The Morgan fingerprint density at radius 1 is 1.33 bits per heavy atom. The SMILES string of the molecule is Nc1c(Br)cc2c(c1CO)CCC(S(=O)(=O)c1ccccc1Cl)C2. The van der Waals surface area contributed by atoms with Crippen LogP contribution in [0.15, 0.2) is 39.7 Å². The molecule has 1 unspecified atom stereocenters. The smallest absolute Gasteiger partial charge is 0.183 e. The molecule has 24 heavy (non-hydrogen) atoms. The van der Waals surface area contributed by atoms with Gasteiger partial charge in [-0.15, -0.1) is 0 Å². The standard InChI is InChI=1S/C17H17BrClNO3S/c18-14-8-10-7-11(5-6-12(10)13(9-21)17(14)20)24(22,23)16-4-2-1-3-15(16)19/h1-4,8,11,21H,5-7,9,20H2. The molecule has 1 aliphatic rings. The number of aliphatic hydroxyl groups excluding tert-OH is 1. The number of rotatable bonds is 3. The van der Waals surface area contributed by atoms with E-state index in [1.807, 2.05) is 6.07 Å². The molecule has 0 heterocycles. The minimum absolute atomic E-state index is 0.157. The molecule has 0 fully saturated rings. The Kier molecular flexibility index (Phi) is 4.93. The Bertz CT molecular complexity index is 899. The number of hydrogen-bond donors (Lipinski definition) is 2. The number of hydrogen-bond acceptors (Lipinski definition) is 4. The van der Waals surface area contributed by atoms with Crippen LogP contribution in [0.1, 0.15) is 23.1 Å². The van der Waals surface area contributed by atoms with Gasteiger partial charge in [-0.1, -0.05) is 23.7 Å². The van der Waals surface area contributed by atoms with Gasteiger partial charge < -0.3 is 10.8 Å². The summed E-state index contributed by atoms with van der Waals surface area (Å²) in [5, 5.41) is 9.32. The minimum Gasteiger partial charge on any atom is -0.398 e. The van der Waals surface area contributed by atoms with Gasteiger partial charge in [0.15, 0.2) is 9.84 Å². The lowest BCUT2D eigenvalue weighted by molar-refractivity contribution is 0.280. The van der Waals surface area contributed by atoms with Crippen LogP contribution in [-0.4, -0.2) is 18.8 Å². The zero-order valence-corrected chi connectivity index (χ0v) is 16.0. The molecule has 1 aliphatic carbocycles. The number of anilines is 1. The van der Waals surface area contributed by atoms with Gasteiger partial charge in [0.05, 0.1) is 27.5 Å². The molecular formula is C17H17BrClNO3S. The summed E-state index contributed by atoms with van der Waals surface area (Å²) in [6.07, 6.45) is 1.43. The van der Waals surface area contributed by atoms with Crippen molar-refractivity contribution in [3.05, 3.63) is 56.5 Å². The highest BCUT2D eigenvalue weighted by molar-refractivity contribution is 9.10. The van der Waals surface area contributed by atoms with Crippen LogP contribution >= 0.6 is 27.5 Å². The summed E-state index contributed by atoms with van der Waals surface area (Å²) in [7, 11) is -3.52. The number of benzene rings is 2. The molecular weight excluding hydrogens is 414 g/mol. The third-order valence-electron chi connectivity index (χ3n) is 4.54. The number of aliphatic hydroxyl groups is 1. The van der Waals surface area contributed by atoms with Crippen LogP contribution < -0.4 is 5.73 Å². The second-order valence-electron chi connectivity index (χ2n) is 5.89. The predicted molar refractivity (Wildman–Crippen MR) is 98.9 cm³/mol. The van der Waals surface area contributed by atoms with Crippen molar-refractivity contribution < 1.29 is 13.5 Å². The second kappa shape index (κ2) is 6.67. The summed E-state index contributed by atoms with van der Waals surface area (Å²) in [5.74, 6) is 0. The fourth-order valence-corrected chi connectivity index (χ4v) is 6.03. The van der Waals surface area contributed by atoms with Gasteiger partial charge >= 0.3 is 0 Å². The molecule has 3 N–H and O–H groups in total. The van der Waals surface area contributed by atoms with E-state index in [1.54, 1.807) is 24.3 Å². The largest absolute Gasteiger partial charge is 0.398 e. The topological polar surface area (TPSA) is 80.4 Å². The summed E-state index contributed by atoms with van der Waals surface area (Å²) in [4.78, 5) is 0.178. The average molecular weight is 431 g/mol. The van der Waals surface area contributed by atoms with Crippen molar-refractivity contribution in [2.24, 2.45) is 0 Å².